The molecule has 0 spiro atoms. The van der Waals surface area contributed by atoms with Gasteiger partial charge in [0.15, 0.2) is 0 Å². The van der Waals surface area contributed by atoms with Crippen molar-refractivity contribution in [1.82, 2.24) is 5.32 Å². The molecule has 0 saturated carbocycles. The van der Waals surface area contributed by atoms with Crippen LogP contribution in [0.25, 0.3) is 0 Å². The second-order valence-corrected chi connectivity index (χ2v) is 6.43. The predicted molar refractivity (Wildman–Crippen MR) is 69.6 cm³/mol. The molecule has 0 aromatic carbocycles. The largest absolute Gasteiger partial charge is 0.309 e. The van der Waals surface area contributed by atoms with Crippen LogP contribution in [-0.2, 0) is 0 Å². The van der Waals surface area contributed by atoms with Crippen molar-refractivity contribution < 1.29 is 0 Å². The zero-order chi connectivity index (χ0) is 12.3. The summed E-state index contributed by atoms with van der Waals surface area (Å²) in [5, 5.41) is 12.4. The van der Waals surface area contributed by atoms with Gasteiger partial charge in [0.25, 0.3) is 0 Å². The quantitative estimate of drug-likeness (QED) is 0.867. The van der Waals surface area contributed by atoms with Gasteiger partial charge in [-0.2, -0.15) is 5.26 Å². The van der Waals surface area contributed by atoms with Crippen molar-refractivity contribution in [2.75, 3.05) is 6.54 Å². The third-order valence-electron chi connectivity index (χ3n) is 2.70. The Balaban J connectivity index is 2.64. The number of nitriles is 1. The molecule has 0 aliphatic rings. The predicted octanol–water partition coefficient (Wildman–Crippen LogP) is 3.57. The van der Waals surface area contributed by atoms with Crippen molar-refractivity contribution in [2.45, 2.75) is 40.7 Å². The van der Waals surface area contributed by atoms with Gasteiger partial charge >= 0.3 is 0 Å². The summed E-state index contributed by atoms with van der Waals surface area (Å²) in [4.78, 5) is 2.72. The Morgan fingerprint density at radius 2 is 2.12 bits per heavy atom. The molecule has 0 aliphatic carbocycles. The summed E-state index contributed by atoms with van der Waals surface area (Å²) in [6.45, 7) is 11.1. The van der Waals surface area contributed by atoms with Gasteiger partial charge in [-0.3, -0.25) is 0 Å². The van der Waals surface area contributed by atoms with E-state index in [1.54, 1.807) is 0 Å². The van der Waals surface area contributed by atoms with E-state index in [1.165, 1.54) is 15.3 Å². The Morgan fingerprint density at radius 3 is 2.56 bits per heavy atom. The van der Waals surface area contributed by atoms with Gasteiger partial charge in [-0.1, -0.05) is 0 Å². The van der Waals surface area contributed by atoms with E-state index in [1.807, 2.05) is 25.2 Å². The first-order valence-electron chi connectivity index (χ1n) is 5.57. The molecule has 16 heavy (non-hydrogen) atoms. The molecule has 3 heteroatoms. The molecule has 0 aliphatic heterocycles. The number of hydrogen-bond acceptors (Lipinski definition) is 3. The lowest BCUT2D eigenvalue weighted by atomic mass is 9.95. The maximum absolute atomic E-state index is 8.95. The zero-order valence-corrected chi connectivity index (χ0v) is 11.5. The number of rotatable bonds is 4. The normalized spacial score (nSPS) is 13.5. The molecule has 1 unspecified atom stereocenters. The first kappa shape index (κ1) is 13.2. The fourth-order valence-electron chi connectivity index (χ4n) is 1.64. The van der Waals surface area contributed by atoms with E-state index in [0.717, 1.165) is 6.54 Å². The lowest BCUT2D eigenvalue weighted by molar-refractivity contribution is 0.415. The minimum atomic E-state index is -0.298. The summed E-state index contributed by atoms with van der Waals surface area (Å²) >= 11 is 1.83. The van der Waals surface area contributed by atoms with Crippen molar-refractivity contribution >= 4 is 11.3 Å². The van der Waals surface area contributed by atoms with Gasteiger partial charge in [-0.05, 0) is 46.2 Å². The highest BCUT2D eigenvalue weighted by atomic mass is 32.1. The van der Waals surface area contributed by atoms with Gasteiger partial charge in [0.05, 0.1) is 11.5 Å². The molecule has 0 amide bonds. The minimum absolute atomic E-state index is 0.298. The maximum atomic E-state index is 8.95. The van der Waals surface area contributed by atoms with Crippen LogP contribution in [0.5, 0.6) is 0 Å². The second-order valence-electron chi connectivity index (χ2n) is 4.97. The molecule has 0 bridgehead atoms. The summed E-state index contributed by atoms with van der Waals surface area (Å²) < 4.78 is 0. The van der Waals surface area contributed by atoms with Crippen LogP contribution in [0, 0.1) is 30.6 Å². The summed E-state index contributed by atoms with van der Waals surface area (Å²) in [5.74, 6) is 0. The van der Waals surface area contributed by atoms with Crippen LogP contribution < -0.4 is 5.32 Å². The van der Waals surface area contributed by atoms with E-state index in [9.17, 15) is 0 Å². The Labute approximate surface area is 102 Å². The van der Waals surface area contributed by atoms with Crippen molar-refractivity contribution in [3.63, 3.8) is 0 Å². The first-order valence-corrected chi connectivity index (χ1v) is 6.39. The molecule has 1 N–H and O–H groups in total. The Morgan fingerprint density at radius 1 is 1.50 bits per heavy atom. The number of hydrogen-bond donors (Lipinski definition) is 1. The lowest BCUT2D eigenvalue weighted by Crippen LogP contribution is -2.30. The topological polar surface area (TPSA) is 35.8 Å². The molecule has 1 atom stereocenters. The van der Waals surface area contributed by atoms with Crippen molar-refractivity contribution in [3.8, 4) is 6.07 Å². The average Bonchev–Trinajstić information content (AvgIpc) is 2.54. The Hall–Kier alpha value is -0.850. The van der Waals surface area contributed by atoms with E-state index in [-0.39, 0.29) is 5.41 Å². The Bertz CT molecular complexity index is 399. The standard InChI is InChI=1S/C13H20N2S/c1-9-6-12(11(3)16-9)10(2)15-8-13(4,5)7-14/h6,10,15H,8H2,1-5H3. The number of nitrogens with one attached hydrogen (secondary N) is 1. The van der Waals surface area contributed by atoms with Crippen LogP contribution in [0.2, 0.25) is 0 Å². The highest BCUT2D eigenvalue weighted by molar-refractivity contribution is 7.12. The second kappa shape index (κ2) is 4.99. The van der Waals surface area contributed by atoms with Gasteiger partial charge < -0.3 is 5.32 Å². The molecule has 0 radical (unpaired) electrons. The van der Waals surface area contributed by atoms with Crippen LogP contribution in [-0.4, -0.2) is 6.54 Å². The van der Waals surface area contributed by atoms with Crippen molar-refractivity contribution in [2.24, 2.45) is 5.41 Å². The third-order valence-corrected chi connectivity index (χ3v) is 3.68. The third kappa shape index (κ3) is 3.33. The molecule has 88 valence electrons. The minimum Gasteiger partial charge on any atom is -0.309 e. The summed E-state index contributed by atoms with van der Waals surface area (Å²) in [6, 6.07) is 4.86. The van der Waals surface area contributed by atoms with E-state index in [0.29, 0.717) is 6.04 Å². The molecule has 1 aromatic heterocycles. The Kier molecular flexibility index (Phi) is 4.12. The molecule has 0 saturated heterocycles. The van der Waals surface area contributed by atoms with Gasteiger partial charge in [-0.25, -0.2) is 0 Å². The van der Waals surface area contributed by atoms with Crippen molar-refractivity contribution in [3.05, 3.63) is 21.4 Å². The highest BCUT2D eigenvalue weighted by Crippen LogP contribution is 2.26. The van der Waals surface area contributed by atoms with E-state index < -0.39 is 0 Å². The van der Waals surface area contributed by atoms with Crippen LogP contribution >= 0.6 is 11.3 Å². The van der Waals surface area contributed by atoms with Crippen molar-refractivity contribution in [1.29, 1.82) is 5.26 Å². The molecule has 1 rings (SSSR count). The van der Waals surface area contributed by atoms with E-state index >= 15 is 0 Å². The summed E-state index contributed by atoms with van der Waals surface area (Å²) in [5.41, 5.74) is 1.06. The average molecular weight is 236 g/mol. The van der Waals surface area contributed by atoms with Gasteiger partial charge in [0.1, 0.15) is 0 Å². The molecule has 0 fully saturated rings. The number of nitrogens with zero attached hydrogens (tertiary/aromatic N) is 1. The lowest BCUT2D eigenvalue weighted by Gasteiger charge is -2.20. The molecule has 2 nitrogen and oxygen atoms in total. The molecule has 1 aromatic rings. The maximum Gasteiger partial charge on any atom is 0.0697 e. The fourth-order valence-corrected chi connectivity index (χ4v) is 2.66. The molecule has 1 heterocycles. The van der Waals surface area contributed by atoms with Crippen LogP contribution in [0.1, 0.15) is 42.1 Å². The number of thiophene rings is 1. The monoisotopic (exact) mass is 236 g/mol. The van der Waals surface area contributed by atoms with Gasteiger partial charge in [0.2, 0.25) is 0 Å². The zero-order valence-electron chi connectivity index (χ0n) is 10.7. The van der Waals surface area contributed by atoms with Gasteiger partial charge in [-0.15, -0.1) is 11.3 Å². The summed E-state index contributed by atoms with van der Waals surface area (Å²) in [7, 11) is 0. The van der Waals surface area contributed by atoms with Crippen LogP contribution in [0.3, 0.4) is 0 Å². The van der Waals surface area contributed by atoms with Gasteiger partial charge in [0, 0.05) is 22.3 Å². The SMILES string of the molecule is Cc1cc(C(C)NCC(C)(C)C#N)c(C)s1. The molecular weight excluding hydrogens is 216 g/mol. The van der Waals surface area contributed by atoms with E-state index in [2.05, 4.69) is 38.2 Å². The molecular formula is C13H20N2S. The first-order chi connectivity index (χ1) is 7.35. The highest BCUT2D eigenvalue weighted by Gasteiger charge is 2.19. The smallest absolute Gasteiger partial charge is 0.0697 e. The summed E-state index contributed by atoms with van der Waals surface area (Å²) in [6.07, 6.45) is 0. The van der Waals surface area contributed by atoms with E-state index in [4.69, 9.17) is 5.26 Å². The number of aryl methyl sites for hydroxylation is 2. The fraction of sp³-hybridized carbons (Fsp3) is 0.615. The van der Waals surface area contributed by atoms with Crippen LogP contribution in [0.15, 0.2) is 6.07 Å². The van der Waals surface area contributed by atoms with Crippen LogP contribution in [0.4, 0.5) is 0 Å².